The molecule has 88 valence electrons. The highest BCUT2D eigenvalue weighted by Gasteiger charge is 2.25. The highest BCUT2D eigenvalue weighted by molar-refractivity contribution is 7.10. The molecule has 1 aromatic heterocycles. The van der Waals surface area contributed by atoms with Gasteiger partial charge in [-0.1, -0.05) is 11.6 Å². The monoisotopic (exact) mass is 246 g/mol. The van der Waals surface area contributed by atoms with E-state index in [1.165, 1.54) is 6.08 Å². The Morgan fingerprint density at radius 2 is 2.35 bits per heavy atom. The lowest BCUT2D eigenvalue weighted by Crippen LogP contribution is -2.24. The number of hydrogen-bond acceptors (Lipinski definition) is 3. The average molecular weight is 246 g/mol. The molecule has 3 heteroatoms. The number of ketones is 2. The molecule has 1 atom stereocenters. The minimum absolute atomic E-state index is 0.0467. The summed E-state index contributed by atoms with van der Waals surface area (Å²) in [7, 11) is 0. The Hall–Kier alpha value is -1.48. The van der Waals surface area contributed by atoms with Crippen molar-refractivity contribution in [2.75, 3.05) is 0 Å². The largest absolute Gasteiger partial charge is 0.294 e. The van der Waals surface area contributed by atoms with Crippen molar-refractivity contribution in [1.29, 1.82) is 0 Å². The van der Waals surface area contributed by atoms with Gasteiger partial charge < -0.3 is 0 Å². The van der Waals surface area contributed by atoms with Crippen molar-refractivity contribution in [2.45, 2.75) is 19.8 Å². The van der Waals surface area contributed by atoms with Gasteiger partial charge in [-0.05, 0) is 49.4 Å². The second-order valence-corrected chi connectivity index (χ2v) is 5.21. The summed E-state index contributed by atoms with van der Waals surface area (Å²) in [5, 5.41) is 1.96. The smallest absolute Gasteiger partial charge is 0.166 e. The van der Waals surface area contributed by atoms with Crippen molar-refractivity contribution in [2.24, 2.45) is 5.92 Å². The molecule has 17 heavy (non-hydrogen) atoms. The highest BCUT2D eigenvalue weighted by Crippen LogP contribution is 2.22. The standard InChI is InChI=1S/C14H14O2S/c1-10-4-6-12(14(16)9-10)13(15)7-5-11-3-2-8-17-11/h2-3,5,7-9,12H,4,6H2,1H3/b7-5+. The lowest BCUT2D eigenvalue weighted by Gasteiger charge is -2.16. The van der Waals surface area contributed by atoms with E-state index >= 15 is 0 Å². The van der Waals surface area contributed by atoms with E-state index in [1.54, 1.807) is 23.5 Å². The van der Waals surface area contributed by atoms with Crippen molar-refractivity contribution in [3.05, 3.63) is 40.1 Å². The molecule has 0 amide bonds. The first kappa shape index (κ1) is 12.0. The van der Waals surface area contributed by atoms with Gasteiger partial charge in [-0.2, -0.15) is 0 Å². The molecule has 0 spiro atoms. The molecule has 2 rings (SSSR count). The summed E-state index contributed by atoms with van der Waals surface area (Å²) >= 11 is 1.58. The third kappa shape index (κ3) is 3.01. The van der Waals surface area contributed by atoms with Crippen LogP contribution in [0, 0.1) is 5.92 Å². The van der Waals surface area contributed by atoms with Crippen LogP contribution in [-0.2, 0) is 9.59 Å². The summed E-state index contributed by atoms with van der Waals surface area (Å²) in [5.74, 6) is -0.586. The zero-order valence-electron chi connectivity index (χ0n) is 9.68. The first-order valence-electron chi connectivity index (χ1n) is 5.63. The van der Waals surface area contributed by atoms with E-state index in [9.17, 15) is 9.59 Å². The average Bonchev–Trinajstić information content (AvgIpc) is 2.78. The maximum Gasteiger partial charge on any atom is 0.166 e. The zero-order chi connectivity index (χ0) is 12.3. The second-order valence-electron chi connectivity index (χ2n) is 4.24. The molecule has 1 aromatic rings. The van der Waals surface area contributed by atoms with Crippen molar-refractivity contribution in [1.82, 2.24) is 0 Å². The Bertz CT molecular complexity index is 480. The van der Waals surface area contributed by atoms with Gasteiger partial charge in [0.05, 0.1) is 5.92 Å². The molecular weight excluding hydrogens is 232 g/mol. The molecule has 0 aliphatic heterocycles. The summed E-state index contributed by atoms with van der Waals surface area (Å²) in [6.07, 6.45) is 6.41. The van der Waals surface area contributed by atoms with Crippen molar-refractivity contribution in [3.8, 4) is 0 Å². The molecule has 0 fully saturated rings. The van der Waals surface area contributed by atoms with Crippen LogP contribution in [0.2, 0.25) is 0 Å². The zero-order valence-corrected chi connectivity index (χ0v) is 10.5. The predicted octanol–water partition coefficient (Wildman–Crippen LogP) is 3.26. The van der Waals surface area contributed by atoms with Crippen molar-refractivity contribution in [3.63, 3.8) is 0 Å². The molecular formula is C14H14O2S. The molecule has 0 saturated heterocycles. The molecule has 0 aromatic carbocycles. The third-order valence-corrected chi connectivity index (χ3v) is 3.70. The van der Waals surface area contributed by atoms with E-state index in [1.807, 2.05) is 24.4 Å². The third-order valence-electron chi connectivity index (χ3n) is 2.86. The van der Waals surface area contributed by atoms with Crippen LogP contribution in [0.25, 0.3) is 6.08 Å². The number of thiophene rings is 1. The Kier molecular flexibility index (Phi) is 3.69. The normalized spacial score (nSPS) is 20.6. The molecule has 0 bridgehead atoms. The van der Waals surface area contributed by atoms with Gasteiger partial charge in [0.15, 0.2) is 11.6 Å². The summed E-state index contributed by atoms with van der Waals surface area (Å²) in [6, 6.07) is 3.88. The predicted molar refractivity (Wildman–Crippen MR) is 69.8 cm³/mol. The number of carbonyl (C=O) groups is 2. The topological polar surface area (TPSA) is 34.1 Å². The van der Waals surface area contributed by atoms with E-state index in [4.69, 9.17) is 0 Å². The van der Waals surface area contributed by atoms with E-state index in [-0.39, 0.29) is 11.6 Å². The summed E-state index contributed by atoms with van der Waals surface area (Å²) < 4.78 is 0. The van der Waals surface area contributed by atoms with Crippen LogP contribution < -0.4 is 0 Å². The maximum atomic E-state index is 11.9. The van der Waals surface area contributed by atoms with Gasteiger partial charge in [-0.3, -0.25) is 9.59 Å². The van der Waals surface area contributed by atoms with Gasteiger partial charge in [0, 0.05) is 4.88 Å². The van der Waals surface area contributed by atoms with Crippen LogP contribution >= 0.6 is 11.3 Å². The van der Waals surface area contributed by atoms with E-state index < -0.39 is 5.92 Å². The van der Waals surface area contributed by atoms with E-state index in [2.05, 4.69) is 0 Å². The van der Waals surface area contributed by atoms with Crippen LogP contribution in [0.4, 0.5) is 0 Å². The molecule has 0 radical (unpaired) electrons. The van der Waals surface area contributed by atoms with Crippen molar-refractivity contribution < 1.29 is 9.59 Å². The molecule has 1 aliphatic carbocycles. The first-order chi connectivity index (χ1) is 8.16. The number of hydrogen-bond donors (Lipinski definition) is 0. The van der Waals surface area contributed by atoms with E-state index in [0.29, 0.717) is 6.42 Å². The number of rotatable bonds is 3. The quantitative estimate of drug-likeness (QED) is 0.606. The molecule has 0 N–H and O–H groups in total. The van der Waals surface area contributed by atoms with Crippen molar-refractivity contribution >= 4 is 29.0 Å². The molecule has 1 aliphatic rings. The summed E-state index contributed by atoms with van der Waals surface area (Å²) in [6.45, 7) is 1.93. The Balaban J connectivity index is 2.04. The van der Waals surface area contributed by atoms with Gasteiger partial charge in [-0.15, -0.1) is 11.3 Å². The lowest BCUT2D eigenvalue weighted by molar-refractivity contribution is -0.128. The summed E-state index contributed by atoms with van der Waals surface area (Å²) in [5.41, 5.74) is 1.07. The Morgan fingerprint density at radius 3 is 3.00 bits per heavy atom. The van der Waals surface area contributed by atoms with Crippen LogP contribution in [0.5, 0.6) is 0 Å². The minimum atomic E-state index is -0.463. The van der Waals surface area contributed by atoms with Crippen LogP contribution in [-0.4, -0.2) is 11.6 Å². The van der Waals surface area contributed by atoms with Gasteiger partial charge in [-0.25, -0.2) is 0 Å². The second kappa shape index (κ2) is 5.23. The molecule has 0 saturated carbocycles. The van der Waals surface area contributed by atoms with E-state index in [0.717, 1.165) is 16.9 Å². The Labute approximate surface area is 105 Å². The van der Waals surface area contributed by atoms with Gasteiger partial charge in [0.1, 0.15) is 0 Å². The molecule has 1 heterocycles. The van der Waals surface area contributed by atoms with Crippen LogP contribution in [0.15, 0.2) is 35.2 Å². The van der Waals surface area contributed by atoms with Crippen LogP contribution in [0.3, 0.4) is 0 Å². The maximum absolute atomic E-state index is 11.9. The lowest BCUT2D eigenvalue weighted by atomic mass is 9.86. The SMILES string of the molecule is CC1=CC(=O)C(C(=O)/C=C/c2cccs2)CC1. The fourth-order valence-electron chi connectivity index (χ4n) is 1.88. The molecule has 1 unspecified atom stereocenters. The fourth-order valence-corrected chi connectivity index (χ4v) is 2.50. The summed E-state index contributed by atoms with van der Waals surface area (Å²) in [4.78, 5) is 24.6. The first-order valence-corrected chi connectivity index (χ1v) is 6.51. The number of allylic oxidation sites excluding steroid dienone is 3. The van der Waals surface area contributed by atoms with Gasteiger partial charge >= 0.3 is 0 Å². The highest BCUT2D eigenvalue weighted by atomic mass is 32.1. The van der Waals surface area contributed by atoms with Gasteiger partial charge in [0.25, 0.3) is 0 Å². The molecule has 2 nitrogen and oxygen atoms in total. The number of carbonyl (C=O) groups excluding carboxylic acids is 2. The van der Waals surface area contributed by atoms with Gasteiger partial charge in [0.2, 0.25) is 0 Å². The fraction of sp³-hybridized carbons (Fsp3) is 0.286. The minimum Gasteiger partial charge on any atom is -0.294 e. The Morgan fingerprint density at radius 1 is 1.53 bits per heavy atom. The van der Waals surface area contributed by atoms with Crippen LogP contribution in [0.1, 0.15) is 24.6 Å².